The molecule has 1 fully saturated rings. The average Bonchev–Trinajstić information content (AvgIpc) is 2.40. The molecule has 2 rings (SSSR count). The first kappa shape index (κ1) is 12.8. The fraction of sp³-hybridized carbons (Fsp3) is 0.500. The zero-order valence-electron chi connectivity index (χ0n) is 10.2. The van der Waals surface area contributed by atoms with Gasteiger partial charge in [0.1, 0.15) is 5.82 Å². The normalized spacial score (nSPS) is 18.3. The van der Waals surface area contributed by atoms with Gasteiger partial charge in [-0.05, 0) is 25.0 Å². The Morgan fingerprint density at radius 3 is 2.83 bits per heavy atom. The number of anilines is 1. The number of nitrogens with zero attached hydrogens (tertiary/aromatic N) is 1. The number of carbonyl (C=O) groups excluding carboxylic acids is 1. The average molecular weight is 250 g/mol. The molecule has 1 aliphatic heterocycles. The molecule has 6 nitrogen and oxygen atoms in total. The van der Waals surface area contributed by atoms with Crippen LogP contribution in [0.25, 0.3) is 0 Å². The lowest BCUT2D eigenvalue weighted by atomic mass is 9.90. The summed E-state index contributed by atoms with van der Waals surface area (Å²) in [5, 5.41) is 3.28. The molecule has 0 radical (unpaired) electrons. The molecule has 0 aliphatic carbocycles. The van der Waals surface area contributed by atoms with E-state index in [0.717, 1.165) is 12.8 Å². The smallest absolute Gasteiger partial charge is 0.252 e. The third-order valence-electron chi connectivity index (χ3n) is 3.30. The second-order valence-corrected chi connectivity index (χ2v) is 4.49. The quantitative estimate of drug-likeness (QED) is 0.703. The fourth-order valence-corrected chi connectivity index (χ4v) is 2.10. The maximum absolute atomic E-state index is 11.3. The molecule has 1 saturated heterocycles. The van der Waals surface area contributed by atoms with Crippen LogP contribution in [-0.4, -0.2) is 36.2 Å². The number of nitrogens with one attached hydrogen (secondary N) is 1. The summed E-state index contributed by atoms with van der Waals surface area (Å²) in [6, 6.07) is 3.34. The first-order valence-corrected chi connectivity index (χ1v) is 5.98. The number of primary amides is 1. The van der Waals surface area contributed by atoms with Gasteiger partial charge in [0.25, 0.3) is 5.91 Å². The summed E-state index contributed by atoms with van der Waals surface area (Å²) in [6.45, 7) is 1.77. The highest BCUT2D eigenvalue weighted by Crippen LogP contribution is 2.25. The van der Waals surface area contributed by atoms with E-state index in [0.29, 0.717) is 31.1 Å². The predicted octanol–water partition coefficient (Wildman–Crippen LogP) is 0.100. The molecule has 0 saturated carbocycles. The van der Waals surface area contributed by atoms with E-state index in [2.05, 4.69) is 10.3 Å². The Hall–Kier alpha value is -1.66. The summed E-state index contributed by atoms with van der Waals surface area (Å²) >= 11 is 0. The summed E-state index contributed by atoms with van der Waals surface area (Å²) in [5.74, 6) is 0.00202. The van der Waals surface area contributed by atoms with Crippen molar-refractivity contribution in [2.75, 3.05) is 25.1 Å². The van der Waals surface area contributed by atoms with Crippen molar-refractivity contribution in [3.05, 3.63) is 23.9 Å². The van der Waals surface area contributed by atoms with Gasteiger partial charge in [0.15, 0.2) is 0 Å². The highest BCUT2D eigenvalue weighted by molar-refractivity contribution is 5.97. The van der Waals surface area contributed by atoms with Crippen LogP contribution in [0.15, 0.2) is 18.3 Å². The third kappa shape index (κ3) is 2.60. The van der Waals surface area contributed by atoms with Crippen molar-refractivity contribution in [1.82, 2.24) is 4.98 Å². The first-order valence-electron chi connectivity index (χ1n) is 5.98. The number of ether oxygens (including phenoxy) is 1. The Morgan fingerprint density at radius 2 is 2.22 bits per heavy atom. The molecule has 0 spiro atoms. The Bertz CT molecular complexity index is 430. The molecule has 0 unspecified atom stereocenters. The van der Waals surface area contributed by atoms with Crippen LogP contribution >= 0.6 is 0 Å². The molecule has 0 bridgehead atoms. The maximum atomic E-state index is 11.3. The van der Waals surface area contributed by atoms with Crippen LogP contribution in [0.1, 0.15) is 23.2 Å². The van der Waals surface area contributed by atoms with Crippen molar-refractivity contribution < 1.29 is 9.53 Å². The molecule has 1 aromatic heterocycles. The van der Waals surface area contributed by atoms with Crippen LogP contribution in [0.3, 0.4) is 0 Å². The fourth-order valence-electron chi connectivity index (χ4n) is 2.10. The van der Waals surface area contributed by atoms with Gasteiger partial charge in [-0.15, -0.1) is 0 Å². The van der Waals surface area contributed by atoms with E-state index >= 15 is 0 Å². The van der Waals surface area contributed by atoms with E-state index in [4.69, 9.17) is 16.2 Å². The number of aromatic nitrogens is 1. The number of rotatable bonds is 4. The van der Waals surface area contributed by atoms with Gasteiger partial charge in [0, 0.05) is 26.0 Å². The van der Waals surface area contributed by atoms with Gasteiger partial charge in [0.2, 0.25) is 0 Å². The largest absolute Gasteiger partial charge is 0.381 e. The molecule has 6 heteroatoms. The molecule has 1 aliphatic rings. The third-order valence-corrected chi connectivity index (χ3v) is 3.30. The molecule has 0 aromatic carbocycles. The zero-order valence-corrected chi connectivity index (χ0v) is 10.2. The van der Waals surface area contributed by atoms with Gasteiger partial charge in [-0.1, -0.05) is 0 Å². The second-order valence-electron chi connectivity index (χ2n) is 4.49. The number of hydrogen-bond donors (Lipinski definition) is 3. The lowest BCUT2D eigenvalue weighted by molar-refractivity contribution is 0.0626. The number of carbonyl (C=O) groups is 1. The van der Waals surface area contributed by atoms with Crippen LogP contribution in [0.5, 0.6) is 0 Å². The standard InChI is InChI=1S/C12H18N4O2/c13-8-12(3-6-18-7-4-12)16-11-9(10(14)17)2-1-5-15-11/h1-2,5H,3-4,6-8,13H2,(H2,14,17)(H,15,16). The van der Waals surface area contributed by atoms with E-state index < -0.39 is 5.91 Å². The lowest BCUT2D eigenvalue weighted by Gasteiger charge is -2.37. The van der Waals surface area contributed by atoms with E-state index in [9.17, 15) is 4.79 Å². The minimum absolute atomic E-state index is 0.267. The van der Waals surface area contributed by atoms with E-state index in [-0.39, 0.29) is 5.54 Å². The molecule has 5 N–H and O–H groups in total. The minimum atomic E-state index is -0.496. The number of amides is 1. The van der Waals surface area contributed by atoms with Crippen molar-refractivity contribution >= 4 is 11.7 Å². The van der Waals surface area contributed by atoms with Gasteiger partial charge >= 0.3 is 0 Å². The van der Waals surface area contributed by atoms with Crippen molar-refractivity contribution in [1.29, 1.82) is 0 Å². The topological polar surface area (TPSA) is 103 Å². The Kier molecular flexibility index (Phi) is 3.78. The monoisotopic (exact) mass is 250 g/mol. The summed E-state index contributed by atoms with van der Waals surface area (Å²) in [7, 11) is 0. The Balaban J connectivity index is 2.24. The van der Waals surface area contributed by atoms with E-state index in [1.165, 1.54) is 0 Å². The van der Waals surface area contributed by atoms with Crippen molar-refractivity contribution in [3.8, 4) is 0 Å². The number of hydrogen-bond acceptors (Lipinski definition) is 5. The second kappa shape index (κ2) is 5.32. The molecular formula is C12H18N4O2. The van der Waals surface area contributed by atoms with E-state index in [1.54, 1.807) is 18.3 Å². The number of pyridine rings is 1. The maximum Gasteiger partial charge on any atom is 0.252 e. The molecule has 18 heavy (non-hydrogen) atoms. The molecule has 1 amide bonds. The Morgan fingerprint density at radius 1 is 1.50 bits per heavy atom. The minimum Gasteiger partial charge on any atom is -0.381 e. The van der Waals surface area contributed by atoms with Crippen LogP contribution in [-0.2, 0) is 4.74 Å². The van der Waals surface area contributed by atoms with Crippen molar-refractivity contribution in [2.24, 2.45) is 11.5 Å². The summed E-state index contributed by atoms with van der Waals surface area (Å²) in [4.78, 5) is 15.5. The SMILES string of the molecule is NCC1(Nc2ncccc2C(N)=O)CCOCC1. The summed E-state index contributed by atoms with van der Waals surface area (Å²) in [5.41, 5.74) is 11.3. The van der Waals surface area contributed by atoms with Crippen molar-refractivity contribution in [3.63, 3.8) is 0 Å². The summed E-state index contributed by atoms with van der Waals surface area (Å²) < 4.78 is 5.33. The van der Waals surface area contributed by atoms with Gasteiger partial charge in [-0.3, -0.25) is 4.79 Å². The van der Waals surface area contributed by atoms with Gasteiger partial charge in [0.05, 0.1) is 11.1 Å². The van der Waals surface area contributed by atoms with Gasteiger partial charge in [-0.2, -0.15) is 0 Å². The zero-order chi connectivity index (χ0) is 13.0. The van der Waals surface area contributed by atoms with Crippen LogP contribution in [0, 0.1) is 0 Å². The van der Waals surface area contributed by atoms with Crippen LogP contribution in [0.2, 0.25) is 0 Å². The van der Waals surface area contributed by atoms with Crippen LogP contribution in [0.4, 0.5) is 5.82 Å². The highest BCUT2D eigenvalue weighted by atomic mass is 16.5. The van der Waals surface area contributed by atoms with E-state index in [1.807, 2.05) is 0 Å². The molecule has 98 valence electrons. The first-order chi connectivity index (χ1) is 8.67. The molecule has 0 atom stereocenters. The molecule has 1 aromatic rings. The van der Waals surface area contributed by atoms with Gasteiger partial charge < -0.3 is 21.5 Å². The van der Waals surface area contributed by atoms with Crippen molar-refractivity contribution in [2.45, 2.75) is 18.4 Å². The number of nitrogens with two attached hydrogens (primary N) is 2. The van der Waals surface area contributed by atoms with Crippen LogP contribution < -0.4 is 16.8 Å². The highest BCUT2D eigenvalue weighted by Gasteiger charge is 2.32. The predicted molar refractivity (Wildman–Crippen MR) is 68.2 cm³/mol. The molecule has 2 heterocycles. The Labute approximate surface area is 106 Å². The van der Waals surface area contributed by atoms with Gasteiger partial charge in [-0.25, -0.2) is 4.98 Å². The lowest BCUT2D eigenvalue weighted by Crippen LogP contribution is -2.50. The molecular weight excluding hydrogens is 232 g/mol. The summed E-state index contributed by atoms with van der Waals surface area (Å²) in [6.07, 6.45) is 3.20.